The van der Waals surface area contributed by atoms with Gasteiger partial charge in [0.1, 0.15) is 5.82 Å². The minimum Gasteiger partial charge on any atom is -0.324 e. The fourth-order valence-electron chi connectivity index (χ4n) is 1.99. The van der Waals surface area contributed by atoms with Crippen LogP contribution in [0.1, 0.15) is 5.56 Å². The molecule has 0 fully saturated rings. The summed E-state index contributed by atoms with van der Waals surface area (Å²) in [5, 5.41) is 3.58. The molecule has 22 heavy (non-hydrogen) atoms. The highest BCUT2D eigenvalue weighted by Crippen LogP contribution is 2.21. The van der Waals surface area contributed by atoms with Gasteiger partial charge in [-0.25, -0.2) is 4.39 Å². The van der Waals surface area contributed by atoms with E-state index in [1.165, 1.54) is 12.1 Å². The first-order chi connectivity index (χ1) is 10.5. The molecule has 0 atom stereocenters. The van der Waals surface area contributed by atoms with Crippen LogP contribution in [-0.2, 0) is 11.3 Å². The van der Waals surface area contributed by atoms with Crippen LogP contribution in [0.2, 0.25) is 10.0 Å². The van der Waals surface area contributed by atoms with Crippen molar-refractivity contribution in [3.05, 3.63) is 63.9 Å². The van der Waals surface area contributed by atoms with Crippen LogP contribution >= 0.6 is 23.2 Å². The number of carbonyl (C=O) groups excluding carboxylic acids is 1. The molecule has 0 aliphatic rings. The van der Waals surface area contributed by atoms with Crippen molar-refractivity contribution in [3.63, 3.8) is 0 Å². The number of hydrogen-bond acceptors (Lipinski definition) is 2. The van der Waals surface area contributed by atoms with E-state index < -0.39 is 0 Å². The fourth-order valence-corrected chi connectivity index (χ4v) is 2.40. The quantitative estimate of drug-likeness (QED) is 0.884. The molecule has 0 spiro atoms. The van der Waals surface area contributed by atoms with Crippen LogP contribution in [0.4, 0.5) is 10.1 Å². The van der Waals surface area contributed by atoms with Gasteiger partial charge in [0.05, 0.1) is 17.3 Å². The van der Waals surface area contributed by atoms with Crippen LogP contribution in [0.3, 0.4) is 0 Å². The highest BCUT2D eigenvalue weighted by atomic mass is 35.5. The summed E-state index contributed by atoms with van der Waals surface area (Å²) in [5.41, 5.74) is 1.33. The molecule has 0 aliphatic carbocycles. The average Bonchev–Trinajstić information content (AvgIpc) is 2.44. The van der Waals surface area contributed by atoms with Crippen molar-refractivity contribution in [1.29, 1.82) is 0 Å². The Morgan fingerprint density at radius 1 is 1.18 bits per heavy atom. The van der Waals surface area contributed by atoms with Crippen LogP contribution in [0.15, 0.2) is 42.5 Å². The number of amides is 1. The second-order valence-corrected chi connectivity index (χ2v) is 5.75. The van der Waals surface area contributed by atoms with Crippen molar-refractivity contribution in [2.75, 3.05) is 18.9 Å². The second-order valence-electron chi connectivity index (χ2n) is 4.94. The molecular weight excluding hydrogens is 326 g/mol. The molecule has 1 amide bonds. The van der Waals surface area contributed by atoms with E-state index in [2.05, 4.69) is 5.32 Å². The zero-order valence-corrected chi connectivity index (χ0v) is 13.5. The van der Waals surface area contributed by atoms with E-state index in [0.29, 0.717) is 22.3 Å². The third-order valence-electron chi connectivity index (χ3n) is 3.02. The fraction of sp³-hybridized carbons (Fsp3) is 0.188. The molecule has 2 aromatic carbocycles. The maximum absolute atomic E-state index is 13.0. The molecule has 6 heteroatoms. The van der Waals surface area contributed by atoms with E-state index in [1.54, 1.807) is 42.3 Å². The van der Waals surface area contributed by atoms with Crippen LogP contribution in [0.5, 0.6) is 0 Å². The summed E-state index contributed by atoms with van der Waals surface area (Å²) in [6.45, 7) is 0.605. The van der Waals surface area contributed by atoms with Gasteiger partial charge in [-0.15, -0.1) is 0 Å². The van der Waals surface area contributed by atoms with Gasteiger partial charge in [0.15, 0.2) is 0 Å². The van der Waals surface area contributed by atoms with Gasteiger partial charge in [0.25, 0.3) is 0 Å². The maximum Gasteiger partial charge on any atom is 0.238 e. The van der Waals surface area contributed by atoms with E-state index in [4.69, 9.17) is 23.2 Å². The summed E-state index contributed by atoms with van der Waals surface area (Å²) in [6.07, 6.45) is 0. The summed E-state index contributed by atoms with van der Waals surface area (Å²) in [5.74, 6) is -0.568. The van der Waals surface area contributed by atoms with Crippen LogP contribution in [-0.4, -0.2) is 24.4 Å². The minimum atomic E-state index is -0.382. The van der Waals surface area contributed by atoms with Gasteiger partial charge in [0, 0.05) is 11.6 Å². The molecule has 0 aromatic heterocycles. The van der Waals surface area contributed by atoms with Crippen molar-refractivity contribution in [1.82, 2.24) is 4.90 Å². The molecule has 2 rings (SSSR count). The van der Waals surface area contributed by atoms with Crippen molar-refractivity contribution in [2.45, 2.75) is 6.54 Å². The van der Waals surface area contributed by atoms with Crippen LogP contribution in [0, 0.1) is 5.82 Å². The molecule has 1 N–H and O–H groups in total. The highest BCUT2D eigenvalue weighted by Gasteiger charge is 2.11. The second kappa shape index (κ2) is 7.58. The zero-order chi connectivity index (χ0) is 16.1. The van der Waals surface area contributed by atoms with E-state index >= 15 is 0 Å². The zero-order valence-electron chi connectivity index (χ0n) is 11.9. The Kier molecular flexibility index (Phi) is 5.77. The van der Waals surface area contributed by atoms with Crippen molar-refractivity contribution >= 4 is 34.8 Å². The molecule has 0 heterocycles. The molecule has 0 unspecified atom stereocenters. The maximum atomic E-state index is 13.0. The van der Waals surface area contributed by atoms with Crippen molar-refractivity contribution in [3.8, 4) is 0 Å². The smallest absolute Gasteiger partial charge is 0.238 e. The first-order valence-corrected chi connectivity index (χ1v) is 7.38. The third-order valence-corrected chi connectivity index (χ3v) is 3.70. The number of carbonyl (C=O) groups is 1. The van der Waals surface area contributed by atoms with E-state index in [9.17, 15) is 9.18 Å². The Balaban J connectivity index is 1.92. The summed E-state index contributed by atoms with van der Waals surface area (Å²) in [7, 11) is 1.78. The lowest BCUT2D eigenvalue weighted by molar-refractivity contribution is -0.117. The number of benzene rings is 2. The van der Waals surface area contributed by atoms with Gasteiger partial charge in [-0.05, 0) is 36.9 Å². The SMILES string of the molecule is CN(CC(=O)Nc1ccccc1Cl)Cc1ccc(F)cc1Cl. The summed E-state index contributed by atoms with van der Waals surface area (Å²) >= 11 is 12.0. The summed E-state index contributed by atoms with van der Waals surface area (Å²) < 4.78 is 13.0. The molecule has 2 aromatic rings. The lowest BCUT2D eigenvalue weighted by atomic mass is 10.2. The standard InChI is InChI=1S/C16H15Cl2FN2O/c1-21(9-11-6-7-12(19)8-14(11)18)10-16(22)20-15-5-3-2-4-13(15)17/h2-8H,9-10H2,1H3,(H,20,22). The molecule has 116 valence electrons. The largest absolute Gasteiger partial charge is 0.324 e. The molecule has 3 nitrogen and oxygen atoms in total. The Morgan fingerprint density at radius 2 is 1.91 bits per heavy atom. The monoisotopic (exact) mass is 340 g/mol. The number of nitrogens with zero attached hydrogens (tertiary/aromatic N) is 1. The summed E-state index contributed by atoms with van der Waals surface area (Å²) in [6, 6.07) is 11.2. The number of para-hydroxylation sites is 1. The predicted octanol–water partition coefficient (Wildman–Crippen LogP) is 4.20. The molecular formula is C16H15Cl2FN2O. The number of hydrogen-bond donors (Lipinski definition) is 1. The van der Waals surface area contributed by atoms with Crippen LogP contribution in [0.25, 0.3) is 0 Å². The van der Waals surface area contributed by atoms with E-state index in [1.807, 2.05) is 0 Å². The van der Waals surface area contributed by atoms with Gasteiger partial charge in [-0.2, -0.15) is 0 Å². The van der Waals surface area contributed by atoms with Gasteiger partial charge < -0.3 is 5.32 Å². The lowest BCUT2D eigenvalue weighted by Crippen LogP contribution is -2.30. The van der Waals surface area contributed by atoms with E-state index in [-0.39, 0.29) is 18.3 Å². The summed E-state index contributed by atoms with van der Waals surface area (Å²) in [4.78, 5) is 13.8. The Morgan fingerprint density at radius 3 is 2.59 bits per heavy atom. The number of rotatable bonds is 5. The molecule has 0 saturated carbocycles. The van der Waals surface area contributed by atoms with Gasteiger partial charge in [0.2, 0.25) is 5.91 Å². The predicted molar refractivity (Wildman–Crippen MR) is 87.8 cm³/mol. The lowest BCUT2D eigenvalue weighted by Gasteiger charge is -2.17. The Labute approximate surface area is 138 Å². The molecule has 0 radical (unpaired) electrons. The molecule has 0 bridgehead atoms. The molecule has 0 saturated heterocycles. The van der Waals surface area contributed by atoms with Gasteiger partial charge in [-0.3, -0.25) is 9.69 Å². The normalized spacial score (nSPS) is 10.8. The van der Waals surface area contributed by atoms with E-state index in [0.717, 1.165) is 5.56 Å². The Bertz CT molecular complexity index is 679. The van der Waals surface area contributed by atoms with Gasteiger partial charge in [-0.1, -0.05) is 41.4 Å². The minimum absolute atomic E-state index is 0.166. The number of anilines is 1. The highest BCUT2D eigenvalue weighted by molar-refractivity contribution is 6.33. The van der Waals surface area contributed by atoms with Gasteiger partial charge >= 0.3 is 0 Å². The number of nitrogens with one attached hydrogen (secondary N) is 1. The number of halogens is 3. The first-order valence-electron chi connectivity index (χ1n) is 6.62. The third kappa shape index (κ3) is 4.70. The van der Waals surface area contributed by atoms with Crippen LogP contribution < -0.4 is 5.32 Å². The molecule has 0 aliphatic heterocycles. The Hall–Kier alpha value is -1.62. The first kappa shape index (κ1) is 16.7. The average molecular weight is 341 g/mol. The number of likely N-dealkylation sites (N-methyl/N-ethyl adjacent to an activating group) is 1. The van der Waals surface area contributed by atoms with Crippen molar-refractivity contribution < 1.29 is 9.18 Å². The van der Waals surface area contributed by atoms with Crippen molar-refractivity contribution in [2.24, 2.45) is 0 Å². The topological polar surface area (TPSA) is 32.3 Å².